The number of carbonyl (C=O) groups is 1. The quantitative estimate of drug-likeness (QED) is 0.482. The molecule has 0 aliphatic rings. The van der Waals surface area contributed by atoms with Crippen LogP contribution in [0.5, 0.6) is 5.75 Å². The van der Waals surface area contributed by atoms with Crippen LogP contribution in [0.2, 0.25) is 0 Å². The number of urea groups is 1. The van der Waals surface area contributed by atoms with Crippen LogP contribution >= 0.6 is 0 Å². The van der Waals surface area contributed by atoms with Gasteiger partial charge in [-0.2, -0.15) is 5.10 Å². The third kappa shape index (κ3) is 4.81. The first kappa shape index (κ1) is 16.0. The first-order valence-electron chi connectivity index (χ1n) is 6.60. The number of hydrogen-bond acceptors (Lipinski definition) is 5. The van der Waals surface area contributed by atoms with E-state index in [0.29, 0.717) is 11.3 Å². The molecule has 0 atom stereocenters. The average molecular weight is 314 g/mol. The third-order valence-electron chi connectivity index (χ3n) is 2.84. The molecule has 23 heavy (non-hydrogen) atoms. The van der Waals surface area contributed by atoms with Crippen molar-refractivity contribution in [2.24, 2.45) is 10.8 Å². The van der Waals surface area contributed by atoms with Gasteiger partial charge >= 0.3 is 6.03 Å². The maximum atomic E-state index is 10.6. The predicted octanol–water partition coefficient (Wildman–Crippen LogP) is 2.18. The smallest absolute Gasteiger partial charge is 0.332 e. The highest BCUT2D eigenvalue weighted by Crippen LogP contribution is 2.18. The van der Waals surface area contributed by atoms with E-state index >= 15 is 0 Å². The molecule has 0 fully saturated rings. The summed E-state index contributed by atoms with van der Waals surface area (Å²) in [4.78, 5) is 20.7. The van der Waals surface area contributed by atoms with E-state index in [2.05, 4.69) is 10.5 Å². The number of amides is 2. The fraction of sp³-hybridized carbons (Fsp3) is 0.0667. The maximum Gasteiger partial charge on any atom is 0.332 e. The van der Waals surface area contributed by atoms with E-state index in [-0.39, 0.29) is 12.3 Å². The molecule has 0 heterocycles. The second kappa shape index (κ2) is 7.55. The summed E-state index contributed by atoms with van der Waals surface area (Å²) >= 11 is 0. The van der Waals surface area contributed by atoms with E-state index < -0.39 is 11.0 Å². The van der Waals surface area contributed by atoms with Crippen LogP contribution in [0.25, 0.3) is 0 Å². The molecule has 0 aliphatic carbocycles. The van der Waals surface area contributed by atoms with Crippen molar-refractivity contribution in [3.05, 3.63) is 69.8 Å². The summed E-state index contributed by atoms with van der Waals surface area (Å²) in [7, 11) is 0. The molecule has 118 valence electrons. The van der Waals surface area contributed by atoms with Crippen molar-refractivity contribution in [3.8, 4) is 5.75 Å². The first-order chi connectivity index (χ1) is 11.1. The molecule has 8 nitrogen and oxygen atoms in total. The van der Waals surface area contributed by atoms with Crippen LogP contribution in [0.1, 0.15) is 11.1 Å². The number of hydrazone groups is 1. The molecule has 0 bridgehead atoms. The number of carbonyl (C=O) groups excluding carboxylic acids is 1. The second-order valence-electron chi connectivity index (χ2n) is 4.48. The Bertz CT molecular complexity index is 729. The maximum absolute atomic E-state index is 10.6. The lowest BCUT2D eigenvalue weighted by atomic mass is 10.2. The molecule has 0 saturated carbocycles. The van der Waals surface area contributed by atoms with E-state index in [1.165, 1.54) is 18.3 Å². The normalized spacial score (nSPS) is 10.4. The predicted molar refractivity (Wildman–Crippen MR) is 84.2 cm³/mol. The van der Waals surface area contributed by atoms with E-state index in [1.54, 1.807) is 36.4 Å². The molecule has 0 aliphatic heterocycles. The van der Waals surface area contributed by atoms with Gasteiger partial charge in [-0.25, -0.2) is 10.2 Å². The molecule has 0 saturated heterocycles. The Kier molecular flexibility index (Phi) is 5.24. The molecule has 2 aromatic carbocycles. The van der Waals surface area contributed by atoms with Crippen molar-refractivity contribution in [2.75, 3.05) is 0 Å². The lowest BCUT2D eigenvalue weighted by Gasteiger charge is -2.08. The Labute approximate surface area is 131 Å². The third-order valence-corrected chi connectivity index (χ3v) is 2.84. The van der Waals surface area contributed by atoms with Gasteiger partial charge in [0.1, 0.15) is 12.4 Å². The van der Waals surface area contributed by atoms with Crippen LogP contribution < -0.4 is 15.9 Å². The number of benzene rings is 2. The highest BCUT2D eigenvalue weighted by Gasteiger charge is 2.05. The van der Waals surface area contributed by atoms with Crippen LogP contribution in [-0.4, -0.2) is 17.2 Å². The number of nitrogens with zero attached hydrogens (tertiary/aromatic N) is 2. The summed E-state index contributed by atoms with van der Waals surface area (Å²) in [5.74, 6) is 0.556. The Morgan fingerprint density at radius 1 is 1.26 bits per heavy atom. The molecule has 0 radical (unpaired) electrons. The molecule has 0 unspecified atom stereocenters. The fourth-order valence-electron chi connectivity index (χ4n) is 1.76. The molecule has 2 aromatic rings. The van der Waals surface area contributed by atoms with Gasteiger partial charge in [-0.1, -0.05) is 12.1 Å². The summed E-state index contributed by atoms with van der Waals surface area (Å²) in [6.07, 6.45) is 1.41. The standard InChI is InChI=1S/C15H14N4O4/c16-15(20)18-17-9-12-3-1-2-4-14(12)23-10-11-5-7-13(8-6-11)19(21)22/h1-9H,10H2,(H3,16,18,20)/b17-9-. The van der Waals surface area contributed by atoms with Crippen molar-refractivity contribution in [3.63, 3.8) is 0 Å². The number of ether oxygens (including phenoxy) is 1. The Morgan fingerprint density at radius 3 is 2.61 bits per heavy atom. The van der Waals surface area contributed by atoms with Crippen LogP contribution in [-0.2, 0) is 6.61 Å². The molecule has 0 aromatic heterocycles. The van der Waals surface area contributed by atoms with Gasteiger partial charge in [0, 0.05) is 17.7 Å². The molecule has 0 spiro atoms. The van der Waals surface area contributed by atoms with Crippen molar-refractivity contribution in [2.45, 2.75) is 6.61 Å². The number of nitro groups is 1. The van der Waals surface area contributed by atoms with E-state index in [1.807, 2.05) is 0 Å². The number of para-hydroxylation sites is 1. The van der Waals surface area contributed by atoms with E-state index in [9.17, 15) is 14.9 Å². The summed E-state index contributed by atoms with van der Waals surface area (Å²) in [5.41, 5.74) is 8.49. The first-order valence-corrected chi connectivity index (χ1v) is 6.60. The number of nitrogens with one attached hydrogen (secondary N) is 1. The van der Waals surface area contributed by atoms with Gasteiger partial charge in [-0.15, -0.1) is 0 Å². The molecular weight excluding hydrogens is 300 g/mol. The van der Waals surface area contributed by atoms with Gasteiger partial charge in [-0.05, 0) is 29.8 Å². The van der Waals surface area contributed by atoms with Crippen molar-refractivity contribution < 1.29 is 14.5 Å². The van der Waals surface area contributed by atoms with Gasteiger partial charge in [0.25, 0.3) is 5.69 Å². The Morgan fingerprint density at radius 2 is 1.96 bits per heavy atom. The number of hydrogen-bond donors (Lipinski definition) is 2. The van der Waals surface area contributed by atoms with Gasteiger partial charge < -0.3 is 10.5 Å². The SMILES string of the molecule is NC(=O)N/N=C\c1ccccc1OCc1ccc([N+](=O)[O-])cc1. The van der Waals surface area contributed by atoms with Crippen LogP contribution in [0.3, 0.4) is 0 Å². The molecule has 2 amide bonds. The minimum atomic E-state index is -0.759. The molecule has 3 N–H and O–H groups in total. The van der Waals surface area contributed by atoms with Crippen LogP contribution in [0.4, 0.5) is 10.5 Å². The Balaban J connectivity index is 2.04. The van der Waals surface area contributed by atoms with Crippen molar-refractivity contribution >= 4 is 17.9 Å². The van der Waals surface area contributed by atoms with Gasteiger partial charge in [0.15, 0.2) is 0 Å². The molecule has 2 rings (SSSR count). The fourth-order valence-corrected chi connectivity index (χ4v) is 1.76. The topological polar surface area (TPSA) is 120 Å². The number of non-ortho nitro benzene ring substituents is 1. The lowest BCUT2D eigenvalue weighted by Crippen LogP contribution is -2.24. The summed E-state index contributed by atoms with van der Waals surface area (Å²) in [6, 6.07) is 12.4. The second-order valence-corrected chi connectivity index (χ2v) is 4.48. The van der Waals surface area contributed by atoms with E-state index in [0.717, 1.165) is 5.56 Å². The largest absolute Gasteiger partial charge is 0.488 e. The zero-order valence-electron chi connectivity index (χ0n) is 12.0. The molecular formula is C15H14N4O4. The monoisotopic (exact) mass is 314 g/mol. The number of primary amides is 1. The summed E-state index contributed by atoms with van der Waals surface area (Å²) in [5, 5.41) is 14.3. The highest BCUT2D eigenvalue weighted by molar-refractivity contribution is 5.84. The average Bonchev–Trinajstić information content (AvgIpc) is 2.54. The zero-order valence-corrected chi connectivity index (χ0v) is 12.0. The van der Waals surface area contributed by atoms with Crippen LogP contribution in [0.15, 0.2) is 53.6 Å². The van der Waals surface area contributed by atoms with Gasteiger partial charge in [0.05, 0.1) is 11.1 Å². The minimum Gasteiger partial charge on any atom is -0.488 e. The number of rotatable bonds is 6. The summed E-state index contributed by atoms with van der Waals surface area (Å²) in [6.45, 7) is 0.242. The Hall–Kier alpha value is -3.42. The molecule has 8 heteroatoms. The van der Waals surface area contributed by atoms with Crippen LogP contribution in [0, 0.1) is 10.1 Å². The lowest BCUT2D eigenvalue weighted by molar-refractivity contribution is -0.384. The van der Waals surface area contributed by atoms with Gasteiger partial charge in [-0.3, -0.25) is 10.1 Å². The minimum absolute atomic E-state index is 0.0267. The van der Waals surface area contributed by atoms with Crippen molar-refractivity contribution in [1.82, 2.24) is 5.43 Å². The summed E-state index contributed by atoms with van der Waals surface area (Å²) < 4.78 is 5.68. The number of nitro benzene ring substituents is 1. The van der Waals surface area contributed by atoms with Crippen molar-refractivity contribution in [1.29, 1.82) is 0 Å². The van der Waals surface area contributed by atoms with Gasteiger partial charge in [0.2, 0.25) is 0 Å². The number of nitrogens with two attached hydrogens (primary N) is 1. The highest BCUT2D eigenvalue weighted by atomic mass is 16.6. The van der Waals surface area contributed by atoms with E-state index in [4.69, 9.17) is 10.5 Å². The zero-order chi connectivity index (χ0) is 16.7.